The molecule has 4 heterocycles. The Morgan fingerprint density at radius 1 is 1.14 bits per heavy atom. The maximum Gasteiger partial charge on any atom is 0.317 e. The first-order chi connectivity index (χ1) is 17.2. The molecule has 0 bridgehead atoms. The normalized spacial score (nSPS) is 18.1. The van der Waals surface area contributed by atoms with Gasteiger partial charge in [0.05, 0.1) is 32.0 Å². The lowest BCUT2D eigenvalue weighted by Gasteiger charge is -2.35. The lowest BCUT2D eigenvalue weighted by atomic mass is 10.0. The molecule has 1 fully saturated rings. The third-order valence-electron chi connectivity index (χ3n) is 6.92. The van der Waals surface area contributed by atoms with Crippen LogP contribution in [0.2, 0.25) is 0 Å². The highest BCUT2D eigenvalue weighted by Crippen LogP contribution is 2.31. The van der Waals surface area contributed by atoms with Crippen LogP contribution in [0.25, 0.3) is 11.3 Å². The summed E-state index contributed by atoms with van der Waals surface area (Å²) in [4.78, 5) is 21.6. The quantitative estimate of drug-likeness (QED) is 0.567. The summed E-state index contributed by atoms with van der Waals surface area (Å²) in [6, 6.07) is 9.83. The van der Waals surface area contributed by atoms with Crippen LogP contribution in [0, 0.1) is 0 Å². The molecule has 2 aliphatic rings. The number of aromatic amines is 1. The van der Waals surface area contributed by atoms with Gasteiger partial charge < -0.3 is 19.7 Å². The van der Waals surface area contributed by atoms with Crippen molar-refractivity contribution in [1.29, 1.82) is 0 Å². The van der Waals surface area contributed by atoms with Crippen LogP contribution < -0.4 is 14.8 Å². The number of hydrogen-bond donors (Lipinski definition) is 2. The zero-order valence-corrected chi connectivity index (χ0v) is 20.3. The second kappa shape index (κ2) is 10.4. The average Bonchev–Trinajstić information content (AvgIpc) is 3.33. The van der Waals surface area contributed by atoms with Gasteiger partial charge in [0.2, 0.25) is 0 Å². The van der Waals surface area contributed by atoms with E-state index in [4.69, 9.17) is 9.47 Å². The molecule has 9 heteroatoms. The second-order valence-electron chi connectivity index (χ2n) is 9.10. The highest BCUT2D eigenvalue weighted by Gasteiger charge is 2.29. The Hall–Kier alpha value is -3.59. The average molecular weight is 477 g/mol. The fourth-order valence-corrected chi connectivity index (χ4v) is 5.11. The molecule has 1 aromatic carbocycles. The molecular weight excluding hydrogens is 444 g/mol. The Morgan fingerprint density at radius 3 is 2.66 bits per heavy atom. The van der Waals surface area contributed by atoms with Crippen LogP contribution in [0.3, 0.4) is 0 Å². The fraction of sp³-hybridized carbons (Fsp3) is 0.423. The zero-order chi connectivity index (χ0) is 24.2. The standard InChI is InChI=1S/C26H32N6O3/c1-34-23-6-3-7-24(35-2)21(23)16-31-13-4-5-19(15-31)28-26(33)32-14-10-22-20(17-32)25(30-29-22)18-8-11-27-12-9-18/h3,6-9,11-12,19H,4-5,10,13-17H2,1-2H3,(H,28,33)(H,29,30)/t19-/m1/s1. The maximum atomic E-state index is 13.2. The van der Waals surface area contributed by atoms with Crippen LogP contribution in [0.1, 0.15) is 29.7 Å². The molecule has 2 aliphatic heterocycles. The van der Waals surface area contributed by atoms with Crippen LogP contribution in [-0.2, 0) is 19.5 Å². The van der Waals surface area contributed by atoms with Crippen molar-refractivity contribution in [2.75, 3.05) is 33.9 Å². The van der Waals surface area contributed by atoms with Crippen LogP contribution in [0.5, 0.6) is 11.5 Å². The Labute approximate surface area is 205 Å². The molecule has 1 atom stereocenters. The lowest BCUT2D eigenvalue weighted by Crippen LogP contribution is -2.52. The summed E-state index contributed by atoms with van der Waals surface area (Å²) in [5.41, 5.74) is 5.14. The number of nitrogens with zero attached hydrogens (tertiary/aromatic N) is 4. The molecule has 0 aliphatic carbocycles. The van der Waals surface area contributed by atoms with Crippen molar-refractivity contribution < 1.29 is 14.3 Å². The predicted octanol–water partition coefficient (Wildman–Crippen LogP) is 3.22. The maximum absolute atomic E-state index is 13.2. The van der Waals surface area contributed by atoms with E-state index in [0.29, 0.717) is 13.1 Å². The van der Waals surface area contributed by atoms with Crippen molar-refractivity contribution in [1.82, 2.24) is 30.3 Å². The topological polar surface area (TPSA) is 95.6 Å². The number of aromatic nitrogens is 3. The first kappa shape index (κ1) is 23.2. The molecule has 2 amide bonds. The van der Waals surface area contributed by atoms with Gasteiger partial charge in [0.15, 0.2) is 0 Å². The molecule has 0 radical (unpaired) electrons. The van der Waals surface area contributed by atoms with Gasteiger partial charge in [0.1, 0.15) is 11.5 Å². The van der Waals surface area contributed by atoms with Gasteiger partial charge in [-0.1, -0.05) is 6.07 Å². The summed E-state index contributed by atoms with van der Waals surface area (Å²) < 4.78 is 11.1. The third-order valence-corrected chi connectivity index (χ3v) is 6.92. The number of rotatable bonds is 6. The molecule has 3 aromatic rings. The summed E-state index contributed by atoms with van der Waals surface area (Å²) in [5, 5.41) is 11.0. The van der Waals surface area contributed by atoms with E-state index in [1.54, 1.807) is 26.6 Å². The van der Waals surface area contributed by atoms with Crippen molar-refractivity contribution in [3.05, 3.63) is 59.5 Å². The Kier molecular flexibility index (Phi) is 6.85. The van der Waals surface area contributed by atoms with Gasteiger partial charge in [-0.15, -0.1) is 0 Å². The van der Waals surface area contributed by atoms with E-state index in [1.807, 2.05) is 35.2 Å². The minimum atomic E-state index is -0.0146. The SMILES string of the molecule is COc1cccc(OC)c1CN1CCC[C@@H](NC(=O)N2CCc3[nH]nc(-c4ccncc4)c3C2)C1. The highest BCUT2D eigenvalue weighted by molar-refractivity contribution is 5.76. The number of carbonyl (C=O) groups excluding carboxylic acids is 1. The number of H-pyrrole nitrogens is 1. The summed E-state index contributed by atoms with van der Waals surface area (Å²) >= 11 is 0. The number of likely N-dealkylation sites (tertiary alicyclic amines) is 1. The second-order valence-corrected chi connectivity index (χ2v) is 9.10. The van der Waals surface area contributed by atoms with Crippen LogP contribution >= 0.6 is 0 Å². The summed E-state index contributed by atoms with van der Waals surface area (Å²) in [6.07, 6.45) is 6.29. The minimum absolute atomic E-state index is 0.0146. The van der Waals surface area contributed by atoms with Gasteiger partial charge in [-0.3, -0.25) is 15.0 Å². The van der Waals surface area contributed by atoms with E-state index in [2.05, 4.69) is 25.4 Å². The lowest BCUT2D eigenvalue weighted by molar-refractivity contribution is 0.159. The Bertz CT molecular complexity index is 1140. The number of ether oxygens (including phenoxy) is 2. The molecule has 35 heavy (non-hydrogen) atoms. The number of benzene rings is 1. The number of fused-ring (bicyclic) bond motifs is 1. The van der Waals surface area contributed by atoms with E-state index < -0.39 is 0 Å². The van der Waals surface area contributed by atoms with Crippen molar-refractivity contribution in [2.45, 2.75) is 38.4 Å². The number of carbonyl (C=O) groups is 1. The zero-order valence-electron chi connectivity index (χ0n) is 20.3. The van der Waals surface area contributed by atoms with Gasteiger partial charge in [0.25, 0.3) is 0 Å². The molecule has 0 spiro atoms. The predicted molar refractivity (Wildman–Crippen MR) is 132 cm³/mol. The molecule has 1 saturated heterocycles. The minimum Gasteiger partial charge on any atom is -0.496 e. The number of nitrogens with one attached hydrogen (secondary N) is 2. The van der Waals surface area contributed by atoms with Gasteiger partial charge in [-0.25, -0.2) is 4.79 Å². The van der Waals surface area contributed by atoms with Crippen LogP contribution in [0.15, 0.2) is 42.7 Å². The highest BCUT2D eigenvalue weighted by atomic mass is 16.5. The largest absolute Gasteiger partial charge is 0.496 e. The third kappa shape index (κ3) is 4.95. The smallest absolute Gasteiger partial charge is 0.317 e. The summed E-state index contributed by atoms with van der Waals surface area (Å²) in [5.74, 6) is 1.65. The van der Waals surface area contributed by atoms with Gasteiger partial charge in [-0.2, -0.15) is 5.10 Å². The van der Waals surface area contributed by atoms with Gasteiger partial charge >= 0.3 is 6.03 Å². The van der Waals surface area contributed by atoms with Crippen LogP contribution in [-0.4, -0.2) is 70.9 Å². The Balaban J connectivity index is 1.23. The number of amides is 2. The molecule has 2 aromatic heterocycles. The molecule has 0 saturated carbocycles. The number of pyridine rings is 1. The molecule has 0 unspecified atom stereocenters. The molecular formula is C26H32N6O3. The molecule has 9 nitrogen and oxygen atoms in total. The molecule has 2 N–H and O–H groups in total. The monoisotopic (exact) mass is 476 g/mol. The van der Waals surface area contributed by atoms with Crippen molar-refractivity contribution >= 4 is 6.03 Å². The molecule has 5 rings (SSSR count). The van der Waals surface area contributed by atoms with E-state index >= 15 is 0 Å². The van der Waals surface area contributed by atoms with Gasteiger partial charge in [0, 0.05) is 61.3 Å². The van der Waals surface area contributed by atoms with Crippen molar-refractivity contribution in [3.8, 4) is 22.8 Å². The number of urea groups is 1. The fourth-order valence-electron chi connectivity index (χ4n) is 5.11. The van der Waals surface area contributed by atoms with E-state index in [0.717, 1.165) is 78.5 Å². The summed E-state index contributed by atoms with van der Waals surface area (Å²) in [6.45, 7) is 3.71. The van der Waals surface area contributed by atoms with Crippen molar-refractivity contribution in [2.24, 2.45) is 0 Å². The Morgan fingerprint density at radius 2 is 1.91 bits per heavy atom. The first-order valence-corrected chi connectivity index (χ1v) is 12.1. The van der Waals surface area contributed by atoms with E-state index in [9.17, 15) is 4.79 Å². The van der Waals surface area contributed by atoms with Gasteiger partial charge in [-0.05, 0) is 43.7 Å². The van der Waals surface area contributed by atoms with E-state index in [-0.39, 0.29) is 12.1 Å². The van der Waals surface area contributed by atoms with Crippen LogP contribution in [0.4, 0.5) is 4.79 Å². The first-order valence-electron chi connectivity index (χ1n) is 12.1. The molecule has 184 valence electrons. The van der Waals surface area contributed by atoms with E-state index in [1.165, 1.54) is 0 Å². The number of methoxy groups -OCH3 is 2. The summed E-state index contributed by atoms with van der Waals surface area (Å²) in [7, 11) is 3.36. The number of piperidine rings is 1. The van der Waals surface area contributed by atoms with Crippen molar-refractivity contribution in [3.63, 3.8) is 0 Å². The number of hydrogen-bond acceptors (Lipinski definition) is 6.